The largest absolute Gasteiger partial charge is 0.377 e. The molecule has 106 valence electrons. The topological polar surface area (TPSA) is 41.7 Å². The van der Waals surface area contributed by atoms with Crippen LogP contribution in [0.4, 0.5) is 0 Å². The first kappa shape index (κ1) is 14.3. The van der Waals surface area contributed by atoms with E-state index < -0.39 is 0 Å². The normalized spacial score (nSPS) is 28.7. The lowest BCUT2D eigenvalue weighted by Crippen LogP contribution is -2.60. The van der Waals surface area contributed by atoms with Gasteiger partial charge >= 0.3 is 0 Å². The van der Waals surface area contributed by atoms with Crippen molar-refractivity contribution in [2.45, 2.75) is 49.8 Å². The number of nitrogens with zero attached hydrogens (tertiary/aromatic N) is 2. The van der Waals surface area contributed by atoms with Gasteiger partial charge in [0.15, 0.2) is 0 Å². The molecular formula is C14H29N3O. The monoisotopic (exact) mass is 255 g/mol. The maximum Gasteiger partial charge on any atom is 0.0743 e. The SMILES string of the molecule is CN(CC1(N(C)C)CCC1)C(CN)C1CCCO1. The van der Waals surface area contributed by atoms with Crippen LogP contribution in [-0.4, -0.2) is 68.3 Å². The van der Waals surface area contributed by atoms with E-state index in [1.807, 2.05) is 0 Å². The highest BCUT2D eigenvalue weighted by Crippen LogP contribution is 2.37. The average Bonchev–Trinajstić information content (AvgIpc) is 2.77. The smallest absolute Gasteiger partial charge is 0.0743 e. The highest BCUT2D eigenvalue weighted by Gasteiger charge is 2.41. The quantitative estimate of drug-likeness (QED) is 0.766. The van der Waals surface area contributed by atoms with Gasteiger partial charge in [-0.3, -0.25) is 4.90 Å². The maximum atomic E-state index is 5.97. The second kappa shape index (κ2) is 5.87. The van der Waals surface area contributed by atoms with Gasteiger partial charge in [-0.2, -0.15) is 0 Å². The summed E-state index contributed by atoms with van der Waals surface area (Å²) in [6, 6.07) is 0.380. The van der Waals surface area contributed by atoms with Crippen molar-refractivity contribution in [3.05, 3.63) is 0 Å². The minimum Gasteiger partial charge on any atom is -0.377 e. The van der Waals surface area contributed by atoms with Gasteiger partial charge in [-0.05, 0) is 53.2 Å². The zero-order valence-electron chi connectivity index (χ0n) is 12.2. The Kier molecular flexibility index (Phi) is 4.64. The van der Waals surface area contributed by atoms with Gasteiger partial charge in [0.1, 0.15) is 0 Å². The molecule has 0 spiro atoms. The fourth-order valence-electron chi connectivity index (χ4n) is 3.43. The molecule has 0 amide bonds. The first-order chi connectivity index (χ1) is 8.59. The number of ether oxygens (including phenoxy) is 1. The van der Waals surface area contributed by atoms with Gasteiger partial charge in [0.05, 0.1) is 6.10 Å². The summed E-state index contributed by atoms with van der Waals surface area (Å²) in [7, 11) is 6.62. The molecule has 0 radical (unpaired) electrons. The average molecular weight is 255 g/mol. The molecular weight excluding hydrogens is 226 g/mol. The van der Waals surface area contributed by atoms with E-state index in [0.29, 0.717) is 24.2 Å². The lowest BCUT2D eigenvalue weighted by molar-refractivity contribution is -0.0159. The summed E-state index contributed by atoms with van der Waals surface area (Å²) in [6.45, 7) is 2.72. The van der Waals surface area contributed by atoms with E-state index >= 15 is 0 Å². The van der Waals surface area contributed by atoms with Crippen LogP contribution in [0, 0.1) is 0 Å². The number of nitrogens with two attached hydrogens (primary N) is 1. The first-order valence-corrected chi connectivity index (χ1v) is 7.28. The molecule has 1 aliphatic carbocycles. The van der Waals surface area contributed by atoms with Crippen LogP contribution >= 0.6 is 0 Å². The number of hydrogen-bond donors (Lipinski definition) is 1. The van der Waals surface area contributed by atoms with Crippen molar-refractivity contribution in [2.75, 3.05) is 40.8 Å². The fraction of sp³-hybridized carbons (Fsp3) is 1.00. The van der Waals surface area contributed by atoms with Crippen molar-refractivity contribution >= 4 is 0 Å². The number of rotatable bonds is 6. The van der Waals surface area contributed by atoms with E-state index in [0.717, 1.165) is 13.2 Å². The summed E-state index contributed by atoms with van der Waals surface area (Å²) in [4.78, 5) is 4.84. The Morgan fingerprint density at radius 2 is 2.00 bits per heavy atom. The summed E-state index contributed by atoms with van der Waals surface area (Å²) in [6.07, 6.45) is 6.69. The van der Waals surface area contributed by atoms with Gasteiger partial charge in [0.2, 0.25) is 0 Å². The van der Waals surface area contributed by atoms with Crippen molar-refractivity contribution in [1.82, 2.24) is 9.80 Å². The lowest BCUT2D eigenvalue weighted by atomic mass is 9.75. The van der Waals surface area contributed by atoms with Gasteiger partial charge in [0.25, 0.3) is 0 Å². The minimum absolute atomic E-state index is 0.347. The molecule has 1 saturated carbocycles. The predicted octanol–water partition coefficient (Wildman–Crippen LogP) is 0.909. The van der Waals surface area contributed by atoms with Crippen molar-refractivity contribution in [3.8, 4) is 0 Å². The second-order valence-corrected chi connectivity index (χ2v) is 6.24. The van der Waals surface area contributed by atoms with Crippen LogP contribution in [0.1, 0.15) is 32.1 Å². The van der Waals surface area contributed by atoms with Gasteiger partial charge in [-0.15, -0.1) is 0 Å². The Morgan fingerprint density at radius 1 is 1.28 bits per heavy atom. The van der Waals surface area contributed by atoms with Crippen LogP contribution in [0.5, 0.6) is 0 Å². The van der Waals surface area contributed by atoms with E-state index in [-0.39, 0.29) is 0 Å². The van der Waals surface area contributed by atoms with E-state index in [4.69, 9.17) is 10.5 Å². The maximum absolute atomic E-state index is 5.97. The van der Waals surface area contributed by atoms with E-state index in [1.165, 1.54) is 32.1 Å². The van der Waals surface area contributed by atoms with Crippen LogP contribution in [0.3, 0.4) is 0 Å². The molecule has 2 unspecified atom stereocenters. The van der Waals surface area contributed by atoms with Crippen molar-refractivity contribution in [1.29, 1.82) is 0 Å². The molecule has 0 aromatic heterocycles. The number of likely N-dealkylation sites (N-methyl/N-ethyl adjacent to an activating group) is 2. The first-order valence-electron chi connectivity index (χ1n) is 7.28. The van der Waals surface area contributed by atoms with E-state index in [9.17, 15) is 0 Å². The molecule has 0 bridgehead atoms. The predicted molar refractivity (Wildman–Crippen MR) is 74.7 cm³/mol. The van der Waals surface area contributed by atoms with E-state index in [2.05, 4.69) is 30.9 Å². The van der Waals surface area contributed by atoms with Gasteiger partial charge in [0, 0.05) is 31.3 Å². The molecule has 0 aromatic carbocycles. The minimum atomic E-state index is 0.347. The zero-order valence-corrected chi connectivity index (χ0v) is 12.2. The van der Waals surface area contributed by atoms with E-state index in [1.54, 1.807) is 0 Å². The third kappa shape index (κ3) is 2.72. The third-order valence-corrected chi connectivity index (χ3v) is 4.98. The van der Waals surface area contributed by atoms with Crippen LogP contribution in [0.25, 0.3) is 0 Å². The van der Waals surface area contributed by atoms with Gasteiger partial charge in [-0.25, -0.2) is 0 Å². The Hall–Kier alpha value is -0.160. The standard InChI is InChI=1S/C14H29N3O/c1-16(2)14(7-5-8-14)11-17(3)12(10-15)13-6-4-9-18-13/h12-13H,4-11,15H2,1-3H3. The van der Waals surface area contributed by atoms with Crippen molar-refractivity contribution in [3.63, 3.8) is 0 Å². The molecule has 4 heteroatoms. The van der Waals surface area contributed by atoms with Crippen LogP contribution < -0.4 is 5.73 Å². The molecule has 2 N–H and O–H groups in total. The van der Waals surface area contributed by atoms with Crippen molar-refractivity contribution in [2.24, 2.45) is 5.73 Å². The summed E-state index contributed by atoms with van der Waals surface area (Å²) in [5, 5.41) is 0. The Bertz CT molecular complexity index is 260. The summed E-state index contributed by atoms with van der Waals surface area (Å²) in [5.74, 6) is 0. The van der Waals surface area contributed by atoms with Crippen LogP contribution in [-0.2, 0) is 4.74 Å². The van der Waals surface area contributed by atoms with Crippen LogP contribution in [0.2, 0.25) is 0 Å². The third-order valence-electron chi connectivity index (χ3n) is 4.98. The molecule has 4 nitrogen and oxygen atoms in total. The van der Waals surface area contributed by atoms with Crippen LogP contribution in [0.15, 0.2) is 0 Å². The summed E-state index contributed by atoms with van der Waals surface area (Å²) < 4.78 is 5.82. The lowest BCUT2D eigenvalue weighted by Gasteiger charge is -2.50. The Labute approximate surface area is 111 Å². The number of hydrogen-bond acceptors (Lipinski definition) is 4. The zero-order chi connectivity index (χ0) is 13.2. The summed E-state index contributed by atoms with van der Waals surface area (Å²) in [5.41, 5.74) is 6.35. The van der Waals surface area contributed by atoms with Gasteiger partial charge in [-0.1, -0.05) is 0 Å². The molecule has 1 heterocycles. The molecule has 1 saturated heterocycles. The molecule has 2 aliphatic rings. The molecule has 2 rings (SSSR count). The molecule has 0 aromatic rings. The molecule has 1 aliphatic heterocycles. The molecule has 2 fully saturated rings. The van der Waals surface area contributed by atoms with Gasteiger partial charge < -0.3 is 15.4 Å². The van der Waals surface area contributed by atoms with Crippen molar-refractivity contribution < 1.29 is 4.74 Å². The second-order valence-electron chi connectivity index (χ2n) is 6.24. The fourth-order valence-corrected chi connectivity index (χ4v) is 3.43. The summed E-state index contributed by atoms with van der Waals surface area (Å²) >= 11 is 0. The molecule has 2 atom stereocenters. The Morgan fingerprint density at radius 3 is 2.39 bits per heavy atom. The Balaban J connectivity index is 1.94. The highest BCUT2D eigenvalue weighted by atomic mass is 16.5. The molecule has 18 heavy (non-hydrogen) atoms. The highest BCUT2D eigenvalue weighted by molar-refractivity contribution is 4.99.